The summed E-state index contributed by atoms with van der Waals surface area (Å²) >= 11 is 2.89. The number of likely N-dealkylation sites (tertiary alicyclic amines) is 1. The largest absolute Gasteiger partial charge is 0.493 e. The van der Waals surface area contributed by atoms with Crippen LogP contribution in [0.15, 0.2) is 41.3 Å². The van der Waals surface area contributed by atoms with Gasteiger partial charge in [-0.25, -0.2) is 0 Å². The van der Waals surface area contributed by atoms with Crippen molar-refractivity contribution in [3.8, 4) is 11.5 Å². The topological polar surface area (TPSA) is 119 Å². The van der Waals surface area contributed by atoms with Gasteiger partial charge in [-0.15, -0.1) is 0 Å². The van der Waals surface area contributed by atoms with E-state index < -0.39 is 16.1 Å². The number of amides is 3. The van der Waals surface area contributed by atoms with E-state index in [0.29, 0.717) is 33.7 Å². The SMILES string of the molecule is COc1cc(/C=C2\SC(=O)N(CC(=O)N3CCCCC3)C2=O)cc(I)c1OCc1ccc([N+](=O)[O-])cc1. The molecule has 2 saturated heterocycles. The summed E-state index contributed by atoms with van der Waals surface area (Å²) in [5, 5.41) is 10.4. The van der Waals surface area contributed by atoms with E-state index in [1.807, 2.05) is 0 Å². The van der Waals surface area contributed by atoms with Gasteiger partial charge in [0.1, 0.15) is 13.2 Å². The van der Waals surface area contributed by atoms with Crippen LogP contribution in [-0.4, -0.2) is 58.5 Å². The first-order valence-corrected chi connectivity index (χ1v) is 13.4. The molecule has 0 saturated carbocycles. The standard InChI is InChI=1S/C25H24IN3O7S/c1-35-20-12-17(11-19(26)23(20)36-15-16-5-7-18(8-6-16)29(33)34)13-21-24(31)28(25(32)37-21)14-22(30)27-9-3-2-4-10-27/h5-8,11-13H,2-4,9-10,14-15H2,1H3/b21-13-. The Morgan fingerprint density at radius 3 is 2.51 bits per heavy atom. The van der Waals surface area contributed by atoms with E-state index in [9.17, 15) is 24.5 Å². The maximum atomic E-state index is 12.9. The van der Waals surface area contributed by atoms with Crippen LogP contribution < -0.4 is 9.47 Å². The van der Waals surface area contributed by atoms with Gasteiger partial charge in [0.25, 0.3) is 16.8 Å². The Morgan fingerprint density at radius 1 is 1.16 bits per heavy atom. The van der Waals surface area contributed by atoms with Gasteiger partial charge in [-0.1, -0.05) is 0 Å². The molecule has 0 aromatic heterocycles. The molecule has 2 aliphatic heterocycles. The van der Waals surface area contributed by atoms with Crippen molar-refractivity contribution in [1.29, 1.82) is 0 Å². The number of ether oxygens (including phenoxy) is 2. The number of imide groups is 1. The van der Waals surface area contributed by atoms with E-state index in [2.05, 4.69) is 22.6 Å². The summed E-state index contributed by atoms with van der Waals surface area (Å²) in [5.41, 5.74) is 1.39. The van der Waals surface area contributed by atoms with Crippen LogP contribution in [-0.2, 0) is 16.2 Å². The summed E-state index contributed by atoms with van der Waals surface area (Å²) in [7, 11) is 1.49. The van der Waals surface area contributed by atoms with Crippen LogP contribution in [0.25, 0.3) is 6.08 Å². The zero-order valence-corrected chi connectivity index (χ0v) is 23.0. The Kier molecular flexibility index (Phi) is 8.69. The lowest BCUT2D eigenvalue weighted by Gasteiger charge is -2.27. The van der Waals surface area contributed by atoms with Crippen LogP contribution in [0.2, 0.25) is 0 Å². The first kappa shape index (κ1) is 26.9. The highest BCUT2D eigenvalue weighted by molar-refractivity contribution is 14.1. The normalized spacial score (nSPS) is 16.9. The fraction of sp³-hybridized carbons (Fsp3) is 0.320. The predicted octanol–water partition coefficient (Wildman–Crippen LogP) is 4.84. The molecule has 3 amide bonds. The molecule has 0 N–H and O–H groups in total. The maximum absolute atomic E-state index is 12.9. The molecule has 37 heavy (non-hydrogen) atoms. The van der Waals surface area contributed by atoms with Crippen LogP contribution >= 0.6 is 34.4 Å². The molecule has 0 bridgehead atoms. The van der Waals surface area contributed by atoms with Crippen LogP contribution in [0, 0.1) is 13.7 Å². The van der Waals surface area contributed by atoms with Crippen molar-refractivity contribution < 1.29 is 28.8 Å². The Balaban J connectivity index is 1.46. The molecule has 194 valence electrons. The molecule has 0 spiro atoms. The molecule has 10 nitrogen and oxygen atoms in total. The maximum Gasteiger partial charge on any atom is 0.294 e. The van der Waals surface area contributed by atoms with Crippen molar-refractivity contribution in [3.63, 3.8) is 0 Å². The minimum absolute atomic E-state index is 0.000499. The van der Waals surface area contributed by atoms with Gasteiger partial charge < -0.3 is 14.4 Å². The minimum Gasteiger partial charge on any atom is -0.493 e. The van der Waals surface area contributed by atoms with Crippen molar-refractivity contribution in [2.24, 2.45) is 0 Å². The van der Waals surface area contributed by atoms with Gasteiger partial charge in [-0.3, -0.25) is 29.4 Å². The molecule has 0 unspecified atom stereocenters. The molecule has 0 atom stereocenters. The molecule has 2 aromatic carbocycles. The van der Waals surface area contributed by atoms with Gasteiger partial charge in [0.05, 0.1) is 20.5 Å². The van der Waals surface area contributed by atoms with E-state index in [1.165, 1.54) is 19.2 Å². The molecule has 2 aliphatic rings. The number of nitrogens with zero attached hydrogens (tertiary/aromatic N) is 3. The average molecular weight is 637 g/mol. The number of nitro groups is 1. The second-order valence-corrected chi connectivity index (χ2v) is 10.6. The molecular weight excluding hydrogens is 613 g/mol. The third-order valence-electron chi connectivity index (χ3n) is 5.96. The second-order valence-electron chi connectivity index (χ2n) is 8.46. The van der Waals surface area contributed by atoms with E-state index in [4.69, 9.17) is 9.47 Å². The first-order chi connectivity index (χ1) is 17.8. The summed E-state index contributed by atoms with van der Waals surface area (Å²) in [5.74, 6) is 0.209. The van der Waals surface area contributed by atoms with Gasteiger partial charge in [-0.05, 0) is 95.1 Å². The number of piperidine rings is 1. The fourth-order valence-electron chi connectivity index (χ4n) is 4.00. The zero-order valence-electron chi connectivity index (χ0n) is 20.0. The van der Waals surface area contributed by atoms with Crippen molar-refractivity contribution in [2.75, 3.05) is 26.7 Å². The number of halogens is 1. The number of carbonyl (C=O) groups is 3. The van der Waals surface area contributed by atoms with Crippen molar-refractivity contribution in [2.45, 2.75) is 25.9 Å². The predicted molar refractivity (Wildman–Crippen MR) is 146 cm³/mol. The molecule has 2 heterocycles. The van der Waals surface area contributed by atoms with Crippen LogP contribution in [0.4, 0.5) is 10.5 Å². The summed E-state index contributed by atoms with van der Waals surface area (Å²) in [6.45, 7) is 1.23. The van der Waals surface area contributed by atoms with Crippen molar-refractivity contribution in [3.05, 3.63) is 66.1 Å². The number of benzene rings is 2. The molecular formula is C25H24IN3O7S. The number of methoxy groups -OCH3 is 1. The summed E-state index contributed by atoms with van der Waals surface area (Å²) in [6, 6.07) is 9.56. The second kappa shape index (κ2) is 11.9. The summed E-state index contributed by atoms with van der Waals surface area (Å²) in [4.78, 5) is 51.3. The van der Waals surface area contributed by atoms with E-state index in [-0.39, 0.29) is 29.7 Å². The third kappa shape index (κ3) is 6.42. The zero-order chi connectivity index (χ0) is 26.5. The highest BCUT2D eigenvalue weighted by Crippen LogP contribution is 2.37. The van der Waals surface area contributed by atoms with Gasteiger partial charge in [0.2, 0.25) is 5.91 Å². The lowest BCUT2D eigenvalue weighted by Crippen LogP contribution is -2.44. The molecule has 4 rings (SSSR count). The third-order valence-corrected chi connectivity index (χ3v) is 7.66. The number of non-ortho nitro benzene ring substituents is 1. The fourth-order valence-corrected chi connectivity index (χ4v) is 5.62. The smallest absolute Gasteiger partial charge is 0.294 e. The van der Waals surface area contributed by atoms with Gasteiger partial charge in [0, 0.05) is 25.2 Å². The summed E-state index contributed by atoms with van der Waals surface area (Å²) in [6.07, 6.45) is 4.54. The number of thioether (sulfide) groups is 1. The monoisotopic (exact) mass is 637 g/mol. The number of hydrogen-bond donors (Lipinski definition) is 0. The van der Waals surface area contributed by atoms with Crippen LogP contribution in [0.3, 0.4) is 0 Å². The van der Waals surface area contributed by atoms with E-state index in [0.717, 1.165) is 41.5 Å². The molecule has 12 heteroatoms. The highest BCUT2D eigenvalue weighted by atomic mass is 127. The minimum atomic E-state index is -0.493. The van der Waals surface area contributed by atoms with Gasteiger partial charge in [0.15, 0.2) is 11.5 Å². The number of hydrogen-bond acceptors (Lipinski definition) is 8. The average Bonchev–Trinajstić information content (AvgIpc) is 3.15. The Bertz CT molecular complexity index is 1260. The lowest BCUT2D eigenvalue weighted by molar-refractivity contribution is -0.384. The summed E-state index contributed by atoms with van der Waals surface area (Å²) < 4.78 is 12.1. The van der Waals surface area contributed by atoms with Crippen molar-refractivity contribution in [1.82, 2.24) is 9.80 Å². The molecule has 2 aromatic rings. The van der Waals surface area contributed by atoms with Gasteiger partial charge >= 0.3 is 0 Å². The highest BCUT2D eigenvalue weighted by Gasteiger charge is 2.37. The van der Waals surface area contributed by atoms with E-state index in [1.54, 1.807) is 35.2 Å². The lowest BCUT2D eigenvalue weighted by atomic mass is 10.1. The Labute approximate surface area is 231 Å². The Hall–Kier alpha value is -3.13. The number of rotatable bonds is 8. The van der Waals surface area contributed by atoms with E-state index >= 15 is 0 Å². The number of carbonyl (C=O) groups excluding carboxylic acids is 3. The van der Waals surface area contributed by atoms with Crippen molar-refractivity contribution >= 4 is 63.2 Å². The molecule has 2 fully saturated rings. The number of nitro benzene ring substituents is 1. The van der Waals surface area contributed by atoms with Gasteiger partial charge in [-0.2, -0.15) is 0 Å². The quantitative estimate of drug-likeness (QED) is 0.175. The van der Waals surface area contributed by atoms with Crippen LogP contribution in [0.5, 0.6) is 11.5 Å². The Morgan fingerprint density at radius 2 is 1.86 bits per heavy atom. The van der Waals surface area contributed by atoms with Crippen LogP contribution in [0.1, 0.15) is 30.4 Å². The molecule has 0 aliphatic carbocycles. The first-order valence-electron chi connectivity index (χ1n) is 11.5. The molecule has 0 radical (unpaired) electrons.